The minimum absolute atomic E-state index is 0.463. The second-order valence-electron chi connectivity index (χ2n) is 6.82. The van der Waals surface area contributed by atoms with Gasteiger partial charge in [-0.25, -0.2) is 0 Å². The van der Waals surface area contributed by atoms with Gasteiger partial charge in [0, 0.05) is 25.7 Å². The van der Waals surface area contributed by atoms with Crippen LogP contribution in [0.4, 0.5) is 0 Å². The molecule has 116 valence electrons. The molecule has 0 aromatic carbocycles. The van der Waals surface area contributed by atoms with Crippen molar-refractivity contribution in [2.24, 2.45) is 5.92 Å². The number of fused-ring (bicyclic) bond motifs is 1. The molecule has 3 aliphatic heterocycles. The maximum atomic E-state index is 6.20. The number of rotatable bonds is 3. The molecule has 0 spiro atoms. The van der Waals surface area contributed by atoms with Gasteiger partial charge in [-0.1, -0.05) is 0 Å². The zero-order valence-corrected chi connectivity index (χ0v) is 12.7. The lowest BCUT2D eigenvalue weighted by Gasteiger charge is -2.48. The van der Waals surface area contributed by atoms with E-state index in [1.54, 1.807) is 6.26 Å². The van der Waals surface area contributed by atoms with E-state index in [0.717, 1.165) is 32.0 Å². The number of ether oxygens (including phenoxy) is 1. The first-order chi connectivity index (χ1) is 10.4. The van der Waals surface area contributed by atoms with Crippen LogP contribution in [0.15, 0.2) is 22.8 Å². The third kappa shape index (κ3) is 2.89. The normalized spacial score (nSPS) is 35.0. The van der Waals surface area contributed by atoms with Gasteiger partial charge in [0.2, 0.25) is 0 Å². The lowest BCUT2D eigenvalue weighted by molar-refractivity contribution is -0.113. The fourth-order valence-corrected chi connectivity index (χ4v) is 4.41. The van der Waals surface area contributed by atoms with E-state index in [-0.39, 0.29) is 0 Å². The van der Waals surface area contributed by atoms with Crippen molar-refractivity contribution in [3.05, 3.63) is 24.2 Å². The van der Waals surface area contributed by atoms with E-state index in [1.165, 1.54) is 38.8 Å². The molecule has 3 fully saturated rings. The molecule has 4 rings (SSSR count). The van der Waals surface area contributed by atoms with E-state index < -0.39 is 0 Å². The van der Waals surface area contributed by atoms with Crippen LogP contribution in [0.25, 0.3) is 0 Å². The standard InChI is InChI=1S/C17H26N2O2/c1-2-8-19(7-1)16-13-18(12-15-6-4-9-20-15)11-14-5-3-10-21-17(14)16/h4,6,9,14,16-17H,1-3,5,7-8,10-13H2/t14-,16+,17-/m0/s1. The Bertz CT molecular complexity index is 442. The maximum absolute atomic E-state index is 6.20. The van der Waals surface area contributed by atoms with Crippen molar-refractivity contribution in [3.63, 3.8) is 0 Å². The average molecular weight is 290 g/mol. The highest BCUT2D eigenvalue weighted by Crippen LogP contribution is 2.33. The average Bonchev–Trinajstić information content (AvgIpc) is 3.20. The van der Waals surface area contributed by atoms with Crippen molar-refractivity contribution in [2.45, 2.75) is 44.4 Å². The fourth-order valence-electron chi connectivity index (χ4n) is 4.41. The number of likely N-dealkylation sites (tertiary alicyclic amines) is 2. The summed E-state index contributed by atoms with van der Waals surface area (Å²) >= 11 is 0. The fraction of sp³-hybridized carbons (Fsp3) is 0.765. The van der Waals surface area contributed by atoms with Gasteiger partial charge in [-0.15, -0.1) is 0 Å². The minimum atomic E-state index is 0.463. The lowest BCUT2D eigenvalue weighted by Crippen LogP contribution is -2.60. The van der Waals surface area contributed by atoms with E-state index in [4.69, 9.17) is 9.15 Å². The van der Waals surface area contributed by atoms with Crippen molar-refractivity contribution >= 4 is 0 Å². The van der Waals surface area contributed by atoms with Crippen LogP contribution in [0.3, 0.4) is 0 Å². The Balaban J connectivity index is 1.49. The largest absolute Gasteiger partial charge is 0.468 e. The van der Waals surface area contributed by atoms with Crippen LogP contribution >= 0.6 is 0 Å². The molecular weight excluding hydrogens is 264 g/mol. The number of furan rings is 1. The van der Waals surface area contributed by atoms with E-state index in [0.29, 0.717) is 18.1 Å². The van der Waals surface area contributed by atoms with Gasteiger partial charge in [0.1, 0.15) is 5.76 Å². The van der Waals surface area contributed by atoms with Crippen LogP contribution in [-0.2, 0) is 11.3 Å². The summed E-state index contributed by atoms with van der Waals surface area (Å²) in [6.45, 7) is 6.71. The Morgan fingerprint density at radius 1 is 1.14 bits per heavy atom. The van der Waals surface area contributed by atoms with Crippen LogP contribution in [0, 0.1) is 5.92 Å². The molecule has 3 atom stereocenters. The SMILES string of the molecule is c1coc(CN2C[C@@H]3CCCO[C@@H]3[C@H](N3CCCC3)C2)c1. The van der Waals surface area contributed by atoms with Crippen molar-refractivity contribution < 1.29 is 9.15 Å². The Labute approximate surface area is 127 Å². The molecule has 0 radical (unpaired) electrons. The molecule has 0 amide bonds. The van der Waals surface area contributed by atoms with Gasteiger partial charge < -0.3 is 9.15 Å². The van der Waals surface area contributed by atoms with Gasteiger partial charge in [-0.05, 0) is 56.8 Å². The van der Waals surface area contributed by atoms with E-state index >= 15 is 0 Å². The quantitative estimate of drug-likeness (QED) is 0.854. The molecule has 4 heterocycles. The zero-order valence-electron chi connectivity index (χ0n) is 12.7. The molecule has 0 saturated carbocycles. The molecule has 3 aliphatic rings. The number of nitrogens with zero attached hydrogens (tertiary/aromatic N) is 2. The Morgan fingerprint density at radius 3 is 2.86 bits per heavy atom. The Hall–Kier alpha value is -0.840. The number of hydrogen-bond acceptors (Lipinski definition) is 4. The van der Waals surface area contributed by atoms with Crippen LogP contribution in [0.2, 0.25) is 0 Å². The predicted molar refractivity (Wildman–Crippen MR) is 81.0 cm³/mol. The molecule has 3 saturated heterocycles. The minimum Gasteiger partial charge on any atom is -0.468 e. The van der Waals surface area contributed by atoms with Gasteiger partial charge in [0.15, 0.2) is 0 Å². The summed E-state index contributed by atoms with van der Waals surface area (Å²) in [6, 6.07) is 4.67. The number of hydrogen-bond donors (Lipinski definition) is 0. The molecular formula is C17H26N2O2. The highest BCUT2D eigenvalue weighted by molar-refractivity contribution is 5.01. The summed E-state index contributed by atoms with van der Waals surface area (Å²) in [7, 11) is 0. The highest BCUT2D eigenvalue weighted by atomic mass is 16.5. The van der Waals surface area contributed by atoms with Crippen molar-refractivity contribution in [1.82, 2.24) is 9.80 Å². The lowest BCUT2D eigenvalue weighted by atomic mass is 9.84. The first-order valence-corrected chi connectivity index (χ1v) is 8.50. The van der Waals surface area contributed by atoms with E-state index in [1.807, 2.05) is 6.07 Å². The first-order valence-electron chi connectivity index (χ1n) is 8.50. The maximum Gasteiger partial charge on any atom is 0.117 e. The second-order valence-corrected chi connectivity index (χ2v) is 6.82. The Kier molecular flexibility index (Phi) is 4.01. The summed E-state index contributed by atoms with van der Waals surface area (Å²) in [6.07, 6.45) is 7.50. The van der Waals surface area contributed by atoms with Gasteiger partial charge in [0.25, 0.3) is 0 Å². The van der Waals surface area contributed by atoms with Crippen LogP contribution in [0.5, 0.6) is 0 Å². The summed E-state index contributed by atoms with van der Waals surface area (Å²) in [4.78, 5) is 5.26. The zero-order chi connectivity index (χ0) is 14.1. The van der Waals surface area contributed by atoms with Crippen molar-refractivity contribution in [2.75, 3.05) is 32.8 Å². The van der Waals surface area contributed by atoms with Gasteiger partial charge in [-0.3, -0.25) is 9.80 Å². The topological polar surface area (TPSA) is 28.9 Å². The summed E-state index contributed by atoms with van der Waals surface area (Å²) < 4.78 is 11.7. The van der Waals surface area contributed by atoms with Crippen LogP contribution in [-0.4, -0.2) is 54.7 Å². The van der Waals surface area contributed by atoms with Crippen LogP contribution < -0.4 is 0 Å². The monoisotopic (exact) mass is 290 g/mol. The molecule has 4 nitrogen and oxygen atoms in total. The molecule has 0 N–H and O–H groups in total. The van der Waals surface area contributed by atoms with Gasteiger partial charge in [-0.2, -0.15) is 0 Å². The molecule has 1 aromatic heterocycles. The smallest absolute Gasteiger partial charge is 0.117 e. The summed E-state index contributed by atoms with van der Waals surface area (Å²) in [5.74, 6) is 1.79. The van der Waals surface area contributed by atoms with Crippen LogP contribution in [0.1, 0.15) is 31.4 Å². The van der Waals surface area contributed by atoms with Gasteiger partial charge in [0.05, 0.1) is 18.9 Å². The molecule has 0 bridgehead atoms. The third-order valence-electron chi connectivity index (χ3n) is 5.38. The summed E-state index contributed by atoms with van der Waals surface area (Å²) in [5, 5.41) is 0. The third-order valence-corrected chi connectivity index (χ3v) is 5.38. The summed E-state index contributed by atoms with van der Waals surface area (Å²) in [5.41, 5.74) is 0. The molecule has 21 heavy (non-hydrogen) atoms. The molecule has 0 unspecified atom stereocenters. The van der Waals surface area contributed by atoms with Gasteiger partial charge >= 0.3 is 0 Å². The molecule has 0 aliphatic carbocycles. The van der Waals surface area contributed by atoms with Crippen molar-refractivity contribution in [3.8, 4) is 0 Å². The second kappa shape index (κ2) is 6.11. The molecule has 1 aromatic rings. The van der Waals surface area contributed by atoms with E-state index in [9.17, 15) is 0 Å². The Morgan fingerprint density at radius 2 is 2.05 bits per heavy atom. The highest BCUT2D eigenvalue weighted by Gasteiger charge is 2.42. The molecule has 4 heteroatoms. The first kappa shape index (κ1) is 13.8. The van der Waals surface area contributed by atoms with E-state index in [2.05, 4.69) is 15.9 Å². The van der Waals surface area contributed by atoms with Crippen molar-refractivity contribution in [1.29, 1.82) is 0 Å². The number of piperidine rings is 1. The predicted octanol–water partition coefficient (Wildman–Crippen LogP) is 2.35.